The molecule has 0 radical (unpaired) electrons. The van der Waals surface area contributed by atoms with Crippen molar-refractivity contribution in [3.8, 4) is 0 Å². The number of likely N-dealkylation sites (tertiary alicyclic amines) is 1. The quantitative estimate of drug-likeness (QED) is 0.839. The van der Waals surface area contributed by atoms with Crippen LogP contribution in [0, 0.1) is 24.2 Å². The maximum absolute atomic E-state index is 12.2. The molecule has 4 atom stereocenters. The Bertz CT molecular complexity index is 754. The van der Waals surface area contributed by atoms with Crippen molar-refractivity contribution in [2.45, 2.75) is 83.8 Å². The lowest BCUT2D eigenvalue weighted by atomic mass is 9.69. The van der Waals surface area contributed by atoms with Crippen LogP contribution in [0.3, 0.4) is 0 Å². The van der Waals surface area contributed by atoms with E-state index in [0.717, 1.165) is 50.6 Å². The number of piperidine rings is 1. The number of hydrogen-bond donors (Lipinski definition) is 1. The first-order chi connectivity index (χ1) is 13.9. The van der Waals surface area contributed by atoms with Crippen LogP contribution >= 0.6 is 0 Å². The number of anilines is 1. The van der Waals surface area contributed by atoms with Gasteiger partial charge in [0.05, 0.1) is 0 Å². The van der Waals surface area contributed by atoms with Gasteiger partial charge in [0.25, 0.3) is 0 Å². The van der Waals surface area contributed by atoms with Gasteiger partial charge in [-0.3, -0.25) is 4.79 Å². The molecule has 1 amide bonds. The molecule has 2 bridgehead atoms. The summed E-state index contributed by atoms with van der Waals surface area (Å²) in [4.78, 5) is 21.8. The van der Waals surface area contributed by atoms with Crippen LogP contribution in [-0.2, 0) is 4.79 Å². The summed E-state index contributed by atoms with van der Waals surface area (Å²) in [6, 6.07) is 2.21. The van der Waals surface area contributed by atoms with Crippen molar-refractivity contribution in [2.75, 3.05) is 24.5 Å². The van der Waals surface area contributed by atoms with E-state index in [4.69, 9.17) is 4.52 Å². The molecule has 1 aromatic heterocycles. The van der Waals surface area contributed by atoms with Crippen molar-refractivity contribution in [3.05, 3.63) is 5.82 Å². The van der Waals surface area contributed by atoms with E-state index >= 15 is 0 Å². The predicted octanol–water partition coefficient (Wildman–Crippen LogP) is 2.75. The molecular formula is C22H35N5O2. The van der Waals surface area contributed by atoms with Crippen LogP contribution in [0.5, 0.6) is 0 Å². The number of aryl methyl sites for hydroxylation is 1. The normalized spacial score (nSPS) is 34.8. The number of carbonyl (C=O) groups excluding carboxylic acids is 1. The van der Waals surface area contributed by atoms with Crippen molar-refractivity contribution >= 4 is 11.9 Å². The summed E-state index contributed by atoms with van der Waals surface area (Å²) in [7, 11) is 0. The Hall–Kier alpha value is -1.63. The maximum Gasteiger partial charge on any atom is 0.324 e. The highest BCUT2D eigenvalue weighted by Gasteiger charge is 2.50. The monoisotopic (exact) mass is 401 g/mol. The highest BCUT2D eigenvalue weighted by Crippen LogP contribution is 2.46. The number of carbonyl (C=O) groups is 1. The smallest absolute Gasteiger partial charge is 0.324 e. The van der Waals surface area contributed by atoms with Crippen LogP contribution in [0.1, 0.15) is 64.6 Å². The highest BCUT2D eigenvalue weighted by molar-refractivity contribution is 5.80. The second-order valence-electron chi connectivity index (χ2n) is 10.4. The summed E-state index contributed by atoms with van der Waals surface area (Å²) >= 11 is 0. The summed E-state index contributed by atoms with van der Waals surface area (Å²) in [6.45, 7) is 9.70. The number of amides is 1. The van der Waals surface area contributed by atoms with Crippen LogP contribution in [0.25, 0.3) is 0 Å². The van der Waals surface area contributed by atoms with Crippen LogP contribution in [0.2, 0.25) is 0 Å². The summed E-state index contributed by atoms with van der Waals surface area (Å²) in [6.07, 6.45) is 8.05. The zero-order valence-corrected chi connectivity index (χ0v) is 18.1. The van der Waals surface area contributed by atoms with Gasteiger partial charge in [-0.2, -0.15) is 4.98 Å². The standard InChI is InChI=1S/C22H35N5O2/c1-14(2)20-22(12-19(28)24-20)6-8-26(9-7-22)17-5-4-16-10-18(11-17)27(13-16)21-23-15(3)25-29-21/h14,16-18,20H,4-13H2,1-3H3,(H,24,28). The molecular weight excluding hydrogens is 366 g/mol. The van der Waals surface area contributed by atoms with Gasteiger partial charge >= 0.3 is 6.01 Å². The third-order valence-electron chi connectivity index (χ3n) is 8.18. The molecule has 1 spiro atoms. The highest BCUT2D eigenvalue weighted by atomic mass is 16.5. The number of hydrogen-bond acceptors (Lipinski definition) is 6. The average molecular weight is 402 g/mol. The van der Waals surface area contributed by atoms with E-state index in [1.807, 2.05) is 6.92 Å². The van der Waals surface area contributed by atoms with E-state index in [1.54, 1.807) is 0 Å². The van der Waals surface area contributed by atoms with Gasteiger partial charge in [0, 0.05) is 36.5 Å². The summed E-state index contributed by atoms with van der Waals surface area (Å²) in [5.41, 5.74) is 0.179. The van der Waals surface area contributed by atoms with Gasteiger partial charge in [-0.1, -0.05) is 19.0 Å². The van der Waals surface area contributed by atoms with Gasteiger partial charge < -0.3 is 19.6 Å². The Labute approximate surface area is 173 Å². The van der Waals surface area contributed by atoms with Crippen LogP contribution in [0.4, 0.5) is 6.01 Å². The van der Waals surface area contributed by atoms with Crippen LogP contribution in [0.15, 0.2) is 4.52 Å². The zero-order chi connectivity index (χ0) is 20.2. The van der Waals surface area contributed by atoms with Crippen molar-refractivity contribution in [3.63, 3.8) is 0 Å². The maximum atomic E-state index is 12.2. The van der Waals surface area contributed by atoms with E-state index in [9.17, 15) is 4.79 Å². The molecule has 1 N–H and O–H groups in total. The number of rotatable bonds is 3. The van der Waals surface area contributed by atoms with Gasteiger partial charge in [-0.15, -0.1) is 0 Å². The summed E-state index contributed by atoms with van der Waals surface area (Å²) in [5.74, 6) is 2.23. The molecule has 4 fully saturated rings. The molecule has 1 aromatic rings. The van der Waals surface area contributed by atoms with Gasteiger partial charge in [-0.25, -0.2) is 0 Å². The molecule has 4 aliphatic rings. The number of nitrogens with zero attached hydrogens (tertiary/aromatic N) is 4. The first kappa shape index (κ1) is 19.3. The van der Waals surface area contributed by atoms with Crippen LogP contribution in [-0.4, -0.2) is 58.7 Å². The van der Waals surface area contributed by atoms with E-state index in [-0.39, 0.29) is 11.3 Å². The molecule has 7 heteroatoms. The van der Waals surface area contributed by atoms with Gasteiger partial charge in [-0.05, 0) is 70.4 Å². The van der Waals surface area contributed by atoms with Crippen molar-refractivity contribution in [2.24, 2.45) is 17.3 Å². The van der Waals surface area contributed by atoms with Crippen molar-refractivity contribution < 1.29 is 9.32 Å². The molecule has 7 nitrogen and oxygen atoms in total. The SMILES string of the molecule is Cc1noc(N2CC3CCC(N4CCC5(CC4)CC(=O)NC5C(C)C)CC2C3)n1. The Balaban J connectivity index is 1.25. The van der Waals surface area contributed by atoms with E-state index < -0.39 is 0 Å². The molecule has 4 unspecified atom stereocenters. The number of nitrogens with one attached hydrogen (secondary N) is 1. The minimum atomic E-state index is 0.179. The Kier molecular flexibility index (Phi) is 4.84. The fourth-order valence-electron chi connectivity index (χ4n) is 6.78. The lowest BCUT2D eigenvalue weighted by Gasteiger charge is -2.46. The van der Waals surface area contributed by atoms with Crippen LogP contribution < -0.4 is 10.2 Å². The first-order valence-electron chi connectivity index (χ1n) is 11.5. The largest absolute Gasteiger partial charge is 0.353 e. The minimum Gasteiger partial charge on any atom is -0.353 e. The second-order valence-corrected chi connectivity index (χ2v) is 10.4. The molecule has 1 saturated carbocycles. The third-order valence-corrected chi connectivity index (χ3v) is 8.18. The summed E-state index contributed by atoms with van der Waals surface area (Å²) < 4.78 is 5.50. The van der Waals surface area contributed by atoms with E-state index in [2.05, 4.69) is 39.1 Å². The third kappa shape index (κ3) is 3.45. The summed E-state index contributed by atoms with van der Waals surface area (Å²) in [5, 5.41) is 7.28. The average Bonchev–Trinajstić information content (AvgIpc) is 3.31. The molecule has 160 valence electrons. The Morgan fingerprint density at radius 3 is 2.66 bits per heavy atom. The topological polar surface area (TPSA) is 74.5 Å². The van der Waals surface area contributed by atoms with Crippen molar-refractivity contribution in [1.82, 2.24) is 20.4 Å². The molecule has 0 aromatic carbocycles. The van der Waals surface area contributed by atoms with Gasteiger partial charge in [0.1, 0.15) is 0 Å². The zero-order valence-electron chi connectivity index (χ0n) is 18.1. The lowest BCUT2D eigenvalue weighted by Crippen LogP contribution is -2.51. The molecule has 3 saturated heterocycles. The van der Waals surface area contributed by atoms with E-state index in [1.165, 1.54) is 25.7 Å². The minimum absolute atomic E-state index is 0.179. The Morgan fingerprint density at radius 2 is 1.97 bits per heavy atom. The first-order valence-corrected chi connectivity index (χ1v) is 11.5. The second kappa shape index (κ2) is 7.25. The number of aromatic nitrogens is 2. The van der Waals surface area contributed by atoms with E-state index in [0.29, 0.717) is 30.1 Å². The Morgan fingerprint density at radius 1 is 1.17 bits per heavy atom. The van der Waals surface area contributed by atoms with Gasteiger partial charge in [0.2, 0.25) is 5.91 Å². The fourth-order valence-corrected chi connectivity index (χ4v) is 6.78. The predicted molar refractivity (Wildman–Crippen MR) is 111 cm³/mol. The molecule has 3 aliphatic heterocycles. The molecule has 1 aliphatic carbocycles. The van der Waals surface area contributed by atoms with Gasteiger partial charge in [0.15, 0.2) is 5.82 Å². The number of fused-ring (bicyclic) bond motifs is 2. The van der Waals surface area contributed by atoms with Crippen molar-refractivity contribution in [1.29, 1.82) is 0 Å². The molecule has 4 heterocycles. The fraction of sp³-hybridized carbons (Fsp3) is 0.864. The molecule has 5 rings (SSSR count). The molecule has 29 heavy (non-hydrogen) atoms. The lowest BCUT2D eigenvalue weighted by molar-refractivity contribution is -0.120.